The molecule has 1 heterocycles. The summed E-state index contributed by atoms with van der Waals surface area (Å²) in [6, 6.07) is 0. The highest BCUT2D eigenvalue weighted by molar-refractivity contribution is 7.09. The first kappa shape index (κ1) is 11.6. The molecule has 1 aromatic rings. The summed E-state index contributed by atoms with van der Waals surface area (Å²) in [5.74, 6) is 1.22. The quantitative estimate of drug-likeness (QED) is 0.752. The van der Waals surface area contributed by atoms with Crippen LogP contribution in [0.4, 0.5) is 0 Å². The molecule has 0 spiro atoms. The number of nitrogens with one attached hydrogen (secondary N) is 1. The van der Waals surface area contributed by atoms with Gasteiger partial charge in [0.2, 0.25) is 0 Å². The summed E-state index contributed by atoms with van der Waals surface area (Å²) in [7, 11) is 0. The van der Waals surface area contributed by atoms with E-state index in [1.54, 1.807) is 11.3 Å². The van der Waals surface area contributed by atoms with Gasteiger partial charge in [-0.05, 0) is 24.9 Å². The van der Waals surface area contributed by atoms with Crippen LogP contribution < -0.4 is 11.1 Å². The van der Waals surface area contributed by atoms with E-state index in [4.69, 9.17) is 5.73 Å². The minimum absolute atomic E-state index is 0.572. The monoisotopic (exact) mass is 213 g/mol. The van der Waals surface area contributed by atoms with Crippen LogP contribution in [-0.2, 0) is 6.54 Å². The lowest BCUT2D eigenvalue weighted by Gasteiger charge is -2.18. The van der Waals surface area contributed by atoms with Crippen LogP contribution in [-0.4, -0.2) is 18.1 Å². The molecule has 1 atom stereocenters. The molecule has 80 valence electrons. The fourth-order valence-corrected chi connectivity index (χ4v) is 1.87. The third-order valence-electron chi connectivity index (χ3n) is 2.43. The van der Waals surface area contributed by atoms with Crippen LogP contribution in [0, 0.1) is 11.8 Å². The maximum Gasteiger partial charge on any atom is 0.0794 e. The van der Waals surface area contributed by atoms with E-state index in [2.05, 4.69) is 24.1 Å². The van der Waals surface area contributed by atoms with Crippen molar-refractivity contribution in [2.24, 2.45) is 17.6 Å². The Morgan fingerprint density at radius 2 is 2.36 bits per heavy atom. The second-order valence-electron chi connectivity index (χ2n) is 3.84. The zero-order valence-electron chi connectivity index (χ0n) is 8.86. The molecule has 3 N–H and O–H groups in total. The SMILES string of the molecule is CC(C)C(CN)CNCc1cncs1. The van der Waals surface area contributed by atoms with Crippen molar-refractivity contribution in [1.82, 2.24) is 10.3 Å². The van der Waals surface area contributed by atoms with Crippen molar-refractivity contribution in [3.05, 3.63) is 16.6 Å². The number of nitrogens with zero attached hydrogens (tertiary/aromatic N) is 1. The molecule has 4 heteroatoms. The van der Waals surface area contributed by atoms with E-state index in [9.17, 15) is 0 Å². The lowest BCUT2D eigenvalue weighted by atomic mass is 9.96. The minimum Gasteiger partial charge on any atom is -0.330 e. The largest absolute Gasteiger partial charge is 0.330 e. The summed E-state index contributed by atoms with van der Waals surface area (Å²) in [6.07, 6.45) is 1.91. The predicted octanol–water partition coefficient (Wildman–Crippen LogP) is 1.46. The summed E-state index contributed by atoms with van der Waals surface area (Å²) < 4.78 is 0. The molecule has 0 aliphatic rings. The van der Waals surface area contributed by atoms with Crippen molar-refractivity contribution in [3.8, 4) is 0 Å². The number of rotatable bonds is 6. The smallest absolute Gasteiger partial charge is 0.0794 e. The van der Waals surface area contributed by atoms with Gasteiger partial charge in [0.25, 0.3) is 0 Å². The fourth-order valence-electron chi connectivity index (χ4n) is 1.30. The van der Waals surface area contributed by atoms with Crippen LogP contribution >= 0.6 is 11.3 Å². The third kappa shape index (κ3) is 3.74. The Morgan fingerprint density at radius 3 is 2.86 bits per heavy atom. The van der Waals surface area contributed by atoms with Crippen LogP contribution in [0.1, 0.15) is 18.7 Å². The first-order chi connectivity index (χ1) is 6.74. The maximum absolute atomic E-state index is 5.68. The van der Waals surface area contributed by atoms with Crippen molar-refractivity contribution >= 4 is 11.3 Å². The van der Waals surface area contributed by atoms with Crippen molar-refractivity contribution < 1.29 is 0 Å². The molecule has 0 saturated heterocycles. The Balaban J connectivity index is 2.20. The van der Waals surface area contributed by atoms with E-state index in [0.29, 0.717) is 11.8 Å². The van der Waals surface area contributed by atoms with Crippen molar-refractivity contribution in [2.75, 3.05) is 13.1 Å². The van der Waals surface area contributed by atoms with Crippen molar-refractivity contribution in [2.45, 2.75) is 20.4 Å². The second kappa shape index (κ2) is 6.11. The van der Waals surface area contributed by atoms with Crippen LogP contribution in [0.2, 0.25) is 0 Å². The number of thiazole rings is 1. The van der Waals surface area contributed by atoms with E-state index in [-0.39, 0.29) is 0 Å². The molecule has 0 fully saturated rings. The molecule has 1 unspecified atom stereocenters. The number of nitrogens with two attached hydrogens (primary N) is 1. The van der Waals surface area contributed by atoms with Gasteiger partial charge in [-0.2, -0.15) is 0 Å². The van der Waals surface area contributed by atoms with Gasteiger partial charge in [0.15, 0.2) is 0 Å². The molecule has 14 heavy (non-hydrogen) atoms. The van der Waals surface area contributed by atoms with E-state index in [1.807, 2.05) is 11.7 Å². The Kier molecular flexibility index (Phi) is 5.07. The summed E-state index contributed by atoms with van der Waals surface area (Å²) in [5.41, 5.74) is 7.54. The standard InChI is InChI=1S/C10H19N3S/c1-8(2)9(3-11)4-12-5-10-6-13-7-14-10/h6-9,12H,3-5,11H2,1-2H3. The first-order valence-electron chi connectivity index (χ1n) is 5.02. The first-order valence-corrected chi connectivity index (χ1v) is 5.90. The molecule has 0 saturated carbocycles. The molecule has 0 aliphatic carbocycles. The van der Waals surface area contributed by atoms with Crippen molar-refractivity contribution in [1.29, 1.82) is 0 Å². The van der Waals surface area contributed by atoms with E-state index >= 15 is 0 Å². The topological polar surface area (TPSA) is 50.9 Å². The molecule has 3 nitrogen and oxygen atoms in total. The van der Waals surface area contributed by atoms with Gasteiger partial charge in [0.1, 0.15) is 0 Å². The van der Waals surface area contributed by atoms with Crippen LogP contribution in [0.25, 0.3) is 0 Å². The highest BCUT2D eigenvalue weighted by atomic mass is 32.1. The van der Waals surface area contributed by atoms with Gasteiger partial charge >= 0.3 is 0 Å². The van der Waals surface area contributed by atoms with Gasteiger partial charge in [-0.1, -0.05) is 13.8 Å². The van der Waals surface area contributed by atoms with Gasteiger partial charge in [0, 0.05) is 17.6 Å². The Labute approximate surface area is 89.7 Å². The molecule has 0 radical (unpaired) electrons. The van der Waals surface area contributed by atoms with Gasteiger partial charge in [-0.3, -0.25) is 4.98 Å². The van der Waals surface area contributed by atoms with Crippen LogP contribution in [0.15, 0.2) is 11.7 Å². The number of hydrogen-bond donors (Lipinski definition) is 2. The number of aromatic nitrogens is 1. The lowest BCUT2D eigenvalue weighted by Crippen LogP contribution is -2.31. The minimum atomic E-state index is 0.572. The predicted molar refractivity (Wildman–Crippen MR) is 61.2 cm³/mol. The summed E-state index contributed by atoms with van der Waals surface area (Å²) in [6.45, 7) is 7.09. The average molecular weight is 213 g/mol. The van der Waals surface area contributed by atoms with E-state index < -0.39 is 0 Å². The third-order valence-corrected chi connectivity index (χ3v) is 3.21. The lowest BCUT2D eigenvalue weighted by molar-refractivity contribution is 0.371. The van der Waals surface area contributed by atoms with E-state index in [0.717, 1.165) is 19.6 Å². The molecular weight excluding hydrogens is 194 g/mol. The van der Waals surface area contributed by atoms with Gasteiger partial charge < -0.3 is 11.1 Å². The summed E-state index contributed by atoms with van der Waals surface area (Å²) in [4.78, 5) is 5.31. The molecule has 0 amide bonds. The average Bonchev–Trinajstić information content (AvgIpc) is 2.64. The van der Waals surface area contributed by atoms with Gasteiger partial charge in [0.05, 0.1) is 5.51 Å². The van der Waals surface area contributed by atoms with Gasteiger partial charge in [-0.25, -0.2) is 0 Å². The second-order valence-corrected chi connectivity index (χ2v) is 4.81. The summed E-state index contributed by atoms with van der Waals surface area (Å²) >= 11 is 1.69. The highest BCUT2D eigenvalue weighted by Gasteiger charge is 2.10. The van der Waals surface area contributed by atoms with Crippen LogP contribution in [0.5, 0.6) is 0 Å². The number of hydrogen-bond acceptors (Lipinski definition) is 4. The Bertz CT molecular complexity index is 234. The molecule has 0 bridgehead atoms. The fraction of sp³-hybridized carbons (Fsp3) is 0.700. The molecule has 0 aromatic carbocycles. The van der Waals surface area contributed by atoms with E-state index in [1.165, 1.54) is 4.88 Å². The molecule has 1 rings (SSSR count). The highest BCUT2D eigenvalue weighted by Crippen LogP contribution is 2.09. The van der Waals surface area contributed by atoms with Gasteiger partial charge in [-0.15, -0.1) is 11.3 Å². The normalized spacial score (nSPS) is 13.4. The zero-order valence-corrected chi connectivity index (χ0v) is 9.68. The molecular formula is C10H19N3S. The Hall–Kier alpha value is -0.450. The summed E-state index contributed by atoms with van der Waals surface area (Å²) in [5, 5.41) is 3.41. The Morgan fingerprint density at radius 1 is 1.57 bits per heavy atom. The van der Waals surface area contributed by atoms with Crippen molar-refractivity contribution in [3.63, 3.8) is 0 Å². The molecule has 0 aliphatic heterocycles. The molecule has 1 aromatic heterocycles. The maximum atomic E-state index is 5.68. The zero-order chi connectivity index (χ0) is 10.4. The van der Waals surface area contributed by atoms with Crippen LogP contribution in [0.3, 0.4) is 0 Å².